The molecule has 0 fully saturated rings. The molecule has 0 aliphatic carbocycles. The number of anilines is 1. The molecule has 0 spiro atoms. The predicted molar refractivity (Wildman–Crippen MR) is 112 cm³/mol. The molecule has 6 nitrogen and oxygen atoms in total. The number of pyridine rings is 1. The molecular formula is C23H20N4O2. The van der Waals surface area contributed by atoms with E-state index >= 15 is 0 Å². The second kappa shape index (κ2) is 8.06. The largest absolute Gasteiger partial charge is 0.308 e. The Morgan fingerprint density at radius 3 is 2.45 bits per heavy atom. The van der Waals surface area contributed by atoms with Crippen molar-refractivity contribution in [2.24, 2.45) is 5.10 Å². The monoisotopic (exact) mass is 384 g/mol. The van der Waals surface area contributed by atoms with E-state index in [0.717, 1.165) is 17.7 Å². The van der Waals surface area contributed by atoms with Crippen molar-refractivity contribution in [3.8, 4) is 11.3 Å². The standard InChI is InChI=1S/C23H20N4O2/c1-2-16-8-13-20(24-15-16)17-9-11-18(12-10-17)23(29)25-21-14-22(28)27(26-21)19-6-4-3-5-7-19/h3-13,15H,2,14H2,1H3,(H,25,26,29). The zero-order valence-corrected chi connectivity index (χ0v) is 16.0. The highest BCUT2D eigenvalue weighted by atomic mass is 16.2. The Labute approximate surface area is 168 Å². The van der Waals surface area contributed by atoms with Crippen molar-refractivity contribution in [3.05, 3.63) is 84.1 Å². The van der Waals surface area contributed by atoms with Crippen molar-refractivity contribution in [3.63, 3.8) is 0 Å². The van der Waals surface area contributed by atoms with Gasteiger partial charge in [0.1, 0.15) is 5.84 Å². The van der Waals surface area contributed by atoms with Gasteiger partial charge in [-0.15, -0.1) is 0 Å². The number of carbonyl (C=O) groups is 2. The molecule has 2 heterocycles. The number of rotatable bonds is 4. The van der Waals surface area contributed by atoms with Gasteiger partial charge in [-0.3, -0.25) is 14.6 Å². The van der Waals surface area contributed by atoms with Crippen LogP contribution >= 0.6 is 0 Å². The Hall–Kier alpha value is -3.80. The van der Waals surface area contributed by atoms with E-state index in [2.05, 4.69) is 28.4 Å². The highest BCUT2D eigenvalue weighted by Crippen LogP contribution is 2.20. The highest BCUT2D eigenvalue weighted by Gasteiger charge is 2.26. The minimum absolute atomic E-state index is 0.0619. The molecule has 1 N–H and O–H groups in total. The summed E-state index contributed by atoms with van der Waals surface area (Å²) in [6.45, 7) is 2.09. The van der Waals surface area contributed by atoms with Crippen LogP contribution in [0.5, 0.6) is 0 Å². The SMILES string of the molecule is CCc1ccc(-c2ccc(C(=O)NC3=NN(c4ccccc4)C(=O)C3)cc2)nc1. The molecule has 3 aromatic rings. The molecule has 0 saturated carbocycles. The third-order valence-electron chi connectivity index (χ3n) is 4.71. The van der Waals surface area contributed by atoms with Gasteiger partial charge in [0.15, 0.2) is 0 Å². The van der Waals surface area contributed by atoms with E-state index in [1.165, 1.54) is 10.6 Å². The van der Waals surface area contributed by atoms with Crippen LogP contribution in [-0.2, 0) is 11.2 Å². The van der Waals surface area contributed by atoms with Gasteiger partial charge in [0, 0.05) is 17.3 Å². The van der Waals surface area contributed by atoms with E-state index in [4.69, 9.17) is 0 Å². The van der Waals surface area contributed by atoms with Crippen LogP contribution in [0.2, 0.25) is 0 Å². The summed E-state index contributed by atoms with van der Waals surface area (Å²) < 4.78 is 0. The number of hydrogen-bond acceptors (Lipinski definition) is 4. The first-order valence-electron chi connectivity index (χ1n) is 9.46. The second-order valence-corrected chi connectivity index (χ2v) is 6.70. The van der Waals surface area contributed by atoms with E-state index in [1.807, 2.05) is 42.6 Å². The molecule has 6 heteroatoms. The molecular weight excluding hydrogens is 364 g/mol. The van der Waals surface area contributed by atoms with Crippen molar-refractivity contribution < 1.29 is 9.59 Å². The third kappa shape index (κ3) is 4.06. The Balaban J connectivity index is 1.45. The first kappa shape index (κ1) is 18.6. The maximum atomic E-state index is 12.5. The summed E-state index contributed by atoms with van der Waals surface area (Å²) in [7, 11) is 0. The van der Waals surface area contributed by atoms with Crippen LogP contribution in [0.3, 0.4) is 0 Å². The maximum Gasteiger partial charge on any atom is 0.256 e. The molecule has 0 unspecified atom stereocenters. The van der Waals surface area contributed by atoms with Gasteiger partial charge >= 0.3 is 0 Å². The summed E-state index contributed by atoms with van der Waals surface area (Å²) in [6, 6.07) is 20.4. The summed E-state index contributed by atoms with van der Waals surface area (Å²) in [5.41, 5.74) is 4.15. The average Bonchev–Trinajstić information content (AvgIpc) is 3.14. The van der Waals surface area contributed by atoms with Crippen LogP contribution < -0.4 is 10.3 Å². The molecule has 1 aliphatic heterocycles. The fourth-order valence-corrected chi connectivity index (χ4v) is 3.07. The van der Waals surface area contributed by atoms with Crippen LogP contribution in [0.15, 0.2) is 78.0 Å². The minimum Gasteiger partial charge on any atom is -0.308 e. The molecule has 0 bridgehead atoms. The Bertz CT molecular complexity index is 1060. The molecule has 2 aromatic carbocycles. The minimum atomic E-state index is -0.299. The summed E-state index contributed by atoms with van der Waals surface area (Å²) in [5, 5.41) is 8.29. The summed E-state index contributed by atoms with van der Waals surface area (Å²) in [5.74, 6) is -0.138. The molecule has 0 radical (unpaired) electrons. The lowest BCUT2D eigenvalue weighted by atomic mass is 10.1. The van der Waals surface area contributed by atoms with E-state index < -0.39 is 0 Å². The number of hydrogen-bond donors (Lipinski definition) is 1. The first-order valence-corrected chi connectivity index (χ1v) is 9.46. The topological polar surface area (TPSA) is 74.7 Å². The third-order valence-corrected chi connectivity index (χ3v) is 4.71. The van der Waals surface area contributed by atoms with E-state index in [-0.39, 0.29) is 18.2 Å². The lowest BCUT2D eigenvalue weighted by molar-refractivity contribution is -0.116. The highest BCUT2D eigenvalue weighted by molar-refractivity contribution is 6.17. The number of hydrazone groups is 1. The molecule has 2 amide bonds. The number of carbonyl (C=O) groups excluding carboxylic acids is 2. The molecule has 4 rings (SSSR count). The second-order valence-electron chi connectivity index (χ2n) is 6.70. The summed E-state index contributed by atoms with van der Waals surface area (Å²) in [4.78, 5) is 29.2. The van der Waals surface area contributed by atoms with Gasteiger partial charge in [0.25, 0.3) is 11.8 Å². The molecule has 1 aromatic heterocycles. The molecule has 144 valence electrons. The zero-order chi connectivity index (χ0) is 20.2. The number of amides is 2. The van der Waals surface area contributed by atoms with Gasteiger partial charge < -0.3 is 5.32 Å². The fourth-order valence-electron chi connectivity index (χ4n) is 3.07. The van der Waals surface area contributed by atoms with Crippen molar-refractivity contribution in [1.29, 1.82) is 0 Å². The molecule has 0 atom stereocenters. The number of amidine groups is 1. The van der Waals surface area contributed by atoms with Gasteiger partial charge in [-0.05, 0) is 42.3 Å². The van der Waals surface area contributed by atoms with Gasteiger partial charge in [0.2, 0.25) is 0 Å². The summed E-state index contributed by atoms with van der Waals surface area (Å²) >= 11 is 0. The van der Waals surface area contributed by atoms with Gasteiger partial charge in [0.05, 0.1) is 17.8 Å². The van der Waals surface area contributed by atoms with Crippen molar-refractivity contribution in [2.45, 2.75) is 19.8 Å². The number of aromatic nitrogens is 1. The smallest absolute Gasteiger partial charge is 0.256 e. The number of benzene rings is 2. The fraction of sp³-hybridized carbons (Fsp3) is 0.130. The quantitative estimate of drug-likeness (QED) is 0.744. The van der Waals surface area contributed by atoms with Crippen molar-refractivity contribution in [1.82, 2.24) is 10.3 Å². The molecule has 1 aliphatic rings. The van der Waals surface area contributed by atoms with Crippen LogP contribution in [-0.4, -0.2) is 22.6 Å². The number of nitrogens with one attached hydrogen (secondary N) is 1. The predicted octanol–water partition coefficient (Wildman–Crippen LogP) is 3.79. The van der Waals surface area contributed by atoms with Gasteiger partial charge in [-0.25, -0.2) is 0 Å². The van der Waals surface area contributed by atoms with Crippen LogP contribution in [0.4, 0.5) is 5.69 Å². The zero-order valence-electron chi connectivity index (χ0n) is 16.0. The van der Waals surface area contributed by atoms with Crippen LogP contribution in [0, 0.1) is 0 Å². The Morgan fingerprint density at radius 2 is 1.79 bits per heavy atom. The first-order chi connectivity index (χ1) is 14.1. The lowest BCUT2D eigenvalue weighted by Crippen LogP contribution is -2.29. The lowest BCUT2D eigenvalue weighted by Gasteiger charge is -2.10. The number of para-hydroxylation sites is 1. The van der Waals surface area contributed by atoms with Crippen LogP contribution in [0.25, 0.3) is 11.3 Å². The van der Waals surface area contributed by atoms with Crippen LogP contribution in [0.1, 0.15) is 29.3 Å². The average molecular weight is 384 g/mol. The van der Waals surface area contributed by atoms with E-state index in [9.17, 15) is 9.59 Å². The van der Waals surface area contributed by atoms with E-state index in [1.54, 1.807) is 24.3 Å². The van der Waals surface area contributed by atoms with Crippen molar-refractivity contribution in [2.75, 3.05) is 5.01 Å². The number of aryl methyl sites for hydroxylation is 1. The molecule has 29 heavy (non-hydrogen) atoms. The normalized spacial score (nSPS) is 13.3. The number of nitrogens with zero attached hydrogens (tertiary/aromatic N) is 3. The maximum absolute atomic E-state index is 12.5. The van der Waals surface area contributed by atoms with Gasteiger partial charge in [-0.1, -0.05) is 43.3 Å². The van der Waals surface area contributed by atoms with Gasteiger partial charge in [-0.2, -0.15) is 10.1 Å². The molecule has 0 saturated heterocycles. The Morgan fingerprint density at radius 1 is 1.03 bits per heavy atom. The summed E-state index contributed by atoms with van der Waals surface area (Å²) in [6.07, 6.45) is 2.87. The van der Waals surface area contributed by atoms with Crippen molar-refractivity contribution >= 4 is 23.3 Å². The van der Waals surface area contributed by atoms with E-state index in [0.29, 0.717) is 17.1 Å². The Kier molecular flexibility index (Phi) is 5.16.